The lowest BCUT2D eigenvalue weighted by Gasteiger charge is -2.22. The molecule has 4 amide bonds. The third-order valence-corrected chi connectivity index (χ3v) is 6.88. The highest BCUT2D eigenvalue weighted by Gasteiger charge is 2.50. The number of hydrogen-bond acceptors (Lipinski definition) is 7. The number of aromatic nitrogens is 1. The van der Waals surface area contributed by atoms with Crippen LogP contribution in [0.5, 0.6) is 5.75 Å². The van der Waals surface area contributed by atoms with E-state index in [0.29, 0.717) is 11.3 Å². The van der Waals surface area contributed by atoms with Crippen molar-refractivity contribution >= 4 is 51.2 Å². The van der Waals surface area contributed by atoms with Crippen molar-refractivity contribution < 1.29 is 19.1 Å². The quantitative estimate of drug-likeness (QED) is 0.450. The molecule has 2 N–H and O–H groups in total. The molecule has 1 atom stereocenters. The summed E-state index contributed by atoms with van der Waals surface area (Å²) in [6.07, 6.45) is 0. The number of fused-ring (bicyclic) bond motifs is 1. The fourth-order valence-corrected chi connectivity index (χ4v) is 4.92. The lowest BCUT2D eigenvalue weighted by atomic mass is 9.92. The summed E-state index contributed by atoms with van der Waals surface area (Å²) in [6, 6.07) is 13.8. The number of rotatable bonds is 6. The van der Waals surface area contributed by atoms with E-state index in [4.69, 9.17) is 4.74 Å². The maximum Gasteiger partial charge on any atom is 0.344 e. The molecule has 154 valence electrons. The van der Waals surface area contributed by atoms with Crippen molar-refractivity contribution in [3.05, 3.63) is 54.1 Å². The number of benzene rings is 2. The van der Waals surface area contributed by atoms with E-state index in [1.165, 1.54) is 23.1 Å². The number of thioether (sulfide) groups is 1. The number of ether oxygens (including phenoxy) is 1. The summed E-state index contributed by atoms with van der Waals surface area (Å²) < 4.78 is 6.90. The molecule has 0 saturated carbocycles. The van der Waals surface area contributed by atoms with Gasteiger partial charge in [0, 0.05) is 0 Å². The van der Waals surface area contributed by atoms with Gasteiger partial charge in [0.2, 0.25) is 5.91 Å². The molecule has 2 aromatic carbocycles. The molecule has 10 heteroatoms. The fourth-order valence-electron chi connectivity index (χ4n) is 3.06. The number of thiazole rings is 1. The van der Waals surface area contributed by atoms with Crippen molar-refractivity contribution in [2.45, 2.75) is 16.8 Å². The Morgan fingerprint density at radius 1 is 1.23 bits per heavy atom. The first-order valence-corrected chi connectivity index (χ1v) is 10.8. The Morgan fingerprint density at radius 3 is 2.67 bits per heavy atom. The number of imide groups is 1. The molecule has 1 unspecified atom stereocenters. The van der Waals surface area contributed by atoms with E-state index in [1.807, 2.05) is 24.3 Å². The second-order valence-electron chi connectivity index (χ2n) is 6.70. The minimum atomic E-state index is -1.28. The topological polar surface area (TPSA) is 101 Å². The van der Waals surface area contributed by atoms with E-state index < -0.39 is 23.4 Å². The van der Waals surface area contributed by atoms with Crippen LogP contribution in [0.15, 0.2) is 52.9 Å². The van der Waals surface area contributed by atoms with Gasteiger partial charge < -0.3 is 10.1 Å². The van der Waals surface area contributed by atoms with Crippen LogP contribution in [0.2, 0.25) is 0 Å². The van der Waals surface area contributed by atoms with Gasteiger partial charge in [-0.2, -0.15) is 5.01 Å². The Balaban J connectivity index is 1.41. The standard InChI is InChI=1S/C20H18N4O4S2/c1-20(12-7-9-13(28-2)10-8-12)17(26)24(18(27)22-20)23-16(25)11-29-19-21-14-5-3-4-6-15(14)30-19/h3-10H,11H2,1-2H3,(H,22,27)(H,23,25). The van der Waals surface area contributed by atoms with E-state index in [2.05, 4.69) is 15.7 Å². The van der Waals surface area contributed by atoms with Gasteiger partial charge in [-0.05, 0) is 36.8 Å². The summed E-state index contributed by atoms with van der Waals surface area (Å²) in [6.45, 7) is 1.59. The molecule has 4 rings (SSSR count). The van der Waals surface area contributed by atoms with Crippen molar-refractivity contribution in [2.75, 3.05) is 12.9 Å². The smallest absolute Gasteiger partial charge is 0.344 e. The average Bonchev–Trinajstić information content (AvgIpc) is 3.27. The number of nitrogens with one attached hydrogen (secondary N) is 2. The van der Waals surface area contributed by atoms with Gasteiger partial charge in [-0.25, -0.2) is 9.78 Å². The number of hydrazine groups is 1. The number of amides is 4. The molecule has 8 nitrogen and oxygen atoms in total. The van der Waals surface area contributed by atoms with E-state index in [1.54, 1.807) is 38.3 Å². The number of carbonyl (C=O) groups is 3. The predicted octanol–water partition coefficient (Wildman–Crippen LogP) is 2.90. The number of para-hydroxylation sites is 1. The Kier molecular flexibility index (Phi) is 5.35. The van der Waals surface area contributed by atoms with Gasteiger partial charge in [0.05, 0.1) is 23.1 Å². The molecule has 30 heavy (non-hydrogen) atoms. The Labute approximate surface area is 180 Å². The van der Waals surface area contributed by atoms with Crippen LogP contribution in [0.1, 0.15) is 12.5 Å². The summed E-state index contributed by atoms with van der Waals surface area (Å²) in [4.78, 5) is 42.1. The molecule has 0 spiro atoms. The first-order chi connectivity index (χ1) is 14.4. The van der Waals surface area contributed by atoms with E-state index >= 15 is 0 Å². The fraction of sp³-hybridized carbons (Fsp3) is 0.200. The zero-order valence-electron chi connectivity index (χ0n) is 16.2. The molecule has 2 heterocycles. The highest BCUT2D eigenvalue weighted by molar-refractivity contribution is 8.01. The van der Waals surface area contributed by atoms with Gasteiger partial charge >= 0.3 is 6.03 Å². The van der Waals surface area contributed by atoms with Gasteiger partial charge in [-0.15, -0.1) is 11.3 Å². The van der Waals surface area contributed by atoms with Crippen LogP contribution >= 0.6 is 23.1 Å². The summed E-state index contributed by atoms with van der Waals surface area (Å²) in [7, 11) is 1.54. The van der Waals surface area contributed by atoms with Crippen LogP contribution in [-0.4, -0.2) is 40.7 Å². The second kappa shape index (κ2) is 7.96. The second-order valence-corrected chi connectivity index (χ2v) is 8.95. The SMILES string of the molecule is COc1ccc(C2(C)NC(=O)N(NC(=O)CSc3nc4ccccc4s3)C2=O)cc1. The molecule has 3 aromatic rings. The third-order valence-electron chi connectivity index (χ3n) is 4.70. The largest absolute Gasteiger partial charge is 0.497 e. The average molecular weight is 443 g/mol. The van der Waals surface area contributed by atoms with Crippen molar-refractivity contribution in [3.63, 3.8) is 0 Å². The summed E-state index contributed by atoms with van der Waals surface area (Å²) in [5.74, 6) is -0.371. The van der Waals surface area contributed by atoms with E-state index in [0.717, 1.165) is 19.6 Å². The highest BCUT2D eigenvalue weighted by Crippen LogP contribution is 2.30. The third kappa shape index (κ3) is 3.71. The Bertz CT molecular complexity index is 1100. The van der Waals surface area contributed by atoms with Gasteiger partial charge in [0.15, 0.2) is 4.34 Å². The van der Waals surface area contributed by atoms with Crippen LogP contribution in [0.3, 0.4) is 0 Å². The molecular formula is C20H18N4O4S2. The normalized spacial score (nSPS) is 18.5. The van der Waals surface area contributed by atoms with Gasteiger partial charge in [0.25, 0.3) is 5.91 Å². The lowest BCUT2D eigenvalue weighted by molar-refractivity contribution is -0.138. The van der Waals surface area contributed by atoms with Crippen molar-refractivity contribution in [3.8, 4) is 5.75 Å². The van der Waals surface area contributed by atoms with E-state index in [-0.39, 0.29) is 5.75 Å². The zero-order valence-corrected chi connectivity index (χ0v) is 17.8. The number of carbonyl (C=O) groups excluding carboxylic acids is 3. The summed E-state index contributed by atoms with van der Waals surface area (Å²) >= 11 is 2.74. The van der Waals surface area contributed by atoms with Crippen molar-refractivity contribution in [1.82, 2.24) is 20.7 Å². The minimum Gasteiger partial charge on any atom is -0.497 e. The Morgan fingerprint density at radius 2 is 1.97 bits per heavy atom. The molecule has 1 saturated heterocycles. The van der Waals surface area contributed by atoms with Gasteiger partial charge in [-0.1, -0.05) is 36.0 Å². The highest BCUT2D eigenvalue weighted by atomic mass is 32.2. The maximum atomic E-state index is 12.9. The molecule has 1 aromatic heterocycles. The van der Waals surface area contributed by atoms with E-state index in [9.17, 15) is 14.4 Å². The van der Waals surface area contributed by atoms with Crippen LogP contribution in [0.25, 0.3) is 10.2 Å². The molecule has 0 aliphatic carbocycles. The summed E-state index contributed by atoms with van der Waals surface area (Å²) in [5.41, 5.74) is 2.57. The first-order valence-electron chi connectivity index (χ1n) is 9.00. The molecule has 0 radical (unpaired) electrons. The van der Waals surface area contributed by atoms with Gasteiger partial charge in [0.1, 0.15) is 11.3 Å². The van der Waals surface area contributed by atoms with Gasteiger partial charge in [-0.3, -0.25) is 15.0 Å². The number of methoxy groups -OCH3 is 1. The van der Waals surface area contributed by atoms with Crippen molar-refractivity contribution in [1.29, 1.82) is 0 Å². The predicted molar refractivity (Wildman–Crippen MR) is 114 cm³/mol. The summed E-state index contributed by atoms with van der Waals surface area (Å²) in [5, 5.41) is 3.37. The van der Waals surface area contributed by atoms with Crippen LogP contribution in [0, 0.1) is 0 Å². The number of urea groups is 1. The monoisotopic (exact) mass is 442 g/mol. The minimum absolute atomic E-state index is 0.0239. The molecule has 0 bridgehead atoms. The Hall–Kier alpha value is -3.11. The number of hydrogen-bond donors (Lipinski definition) is 2. The zero-order chi connectivity index (χ0) is 21.3. The maximum absolute atomic E-state index is 12.9. The first kappa shape index (κ1) is 20.2. The molecule has 1 fully saturated rings. The molecule has 1 aliphatic rings. The number of nitrogens with zero attached hydrogens (tertiary/aromatic N) is 2. The molecule has 1 aliphatic heterocycles. The lowest BCUT2D eigenvalue weighted by Crippen LogP contribution is -2.48. The van der Waals surface area contributed by atoms with Crippen molar-refractivity contribution in [2.24, 2.45) is 0 Å². The van der Waals surface area contributed by atoms with Crippen LogP contribution < -0.4 is 15.5 Å². The molecular weight excluding hydrogens is 424 g/mol. The van der Waals surface area contributed by atoms with Crippen LogP contribution in [-0.2, 0) is 15.1 Å². The van der Waals surface area contributed by atoms with Crippen LogP contribution in [0.4, 0.5) is 4.79 Å².